The minimum atomic E-state index is -0.571. The van der Waals surface area contributed by atoms with Gasteiger partial charge < -0.3 is 0 Å². The van der Waals surface area contributed by atoms with E-state index in [0.29, 0.717) is 17.2 Å². The molecule has 28 heavy (non-hydrogen) atoms. The number of hydrogen-bond donors (Lipinski definition) is 2. The summed E-state index contributed by atoms with van der Waals surface area (Å²) in [7, 11) is 0. The Labute approximate surface area is 162 Å². The van der Waals surface area contributed by atoms with E-state index in [2.05, 4.69) is 16.0 Å². The number of carbonyl (C=O) groups is 2. The van der Waals surface area contributed by atoms with Crippen molar-refractivity contribution in [2.45, 2.75) is 32.7 Å². The smallest absolute Gasteiger partial charge is 0.273 e. The van der Waals surface area contributed by atoms with Crippen LogP contribution in [0.2, 0.25) is 0 Å². The predicted molar refractivity (Wildman–Crippen MR) is 107 cm³/mol. The standard InChI is InChI=1S/C21H22N4O3/c1-14(2)25-21(28)17-11-7-6-10-16(17)19(24-25)20(27)23-22-18(26)13-12-15-8-4-3-5-9-15/h3-11,14H,12-13H2,1-2H3,(H,22,26)(H,23,27). The third-order valence-electron chi connectivity index (χ3n) is 4.33. The van der Waals surface area contributed by atoms with Crippen LogP contribution in [0.1, 0.15) is 42.4 Å². The molecule has 3 rings (SSSR count). The Kier molecular flexibility index (Phi) is 5.84. The van der Waals surface area contributed by atoms with Crippen LogP contribution < -0.4 is 16.4 Å². The molecule has 0 radical (unpaired) electrons. The average molecular weight is 378 g/mol. The first-order valence-electron chi connectivity index (χ1n) is 9.12. The molecule has 0 aliphatic carbocycles. The highest BCUT2D eigenvalue weighted by molar-refractivity contribution is 6.05. The van der Waals surface area contributed by atoms with E-state index >= 15 is 0 Å². The van der Waals surface area contributed by atoms with Gasteiger partial charge in [-0.3, -0.25) is 25.2 Å². The number of rotatable bonds is 5. The van der Waals surface area contributed by atoms with Gasteiger partial charge in [-0.25, -0.2) is 4.68 Å². The molecule has 0 saturated heterocycles. The van der Waals surface area contributed by atoms with Crippen molar-refractivity contribution in [3.8, 4) is 0 Å². The zero-order valence-electron chi connectivity index (χ0n) is 15.8. The van der Waals surface area contributed by atoms with Crippen LogP contribution in [0.15, 0.2) is 59.4 Å². The number of nitrogens with zero attached hydrogens (tertiary/aromatic N) is 2. The van der Waals surface area contributed by atoms with E-state index in [0.717, 1.165) is 5.56 Å². The highest BCUT2D eigenvalue weighted by atomic mass is 16.2. The summed E-state index contributed by atoms with van der Waals surface area (Å²) in [5.41, 5.74) is 5.69. The molecule has 3 aromatic rings. The largest absolute Gasteiger partial charge is 0.290 e. The molecule has 0 saturated carbocycles. The highest BCUT2D eigenvalue weighted by Gasteiger charge is 2.18. The van der Waals surface area contributed by atoms with Crippen LogP contribution in [0.5, 0.6) is 0 Å². The van der Waals surface area contributed by atoms with E-state index in [9.17, 15) is 14.4 Å². The molecule has 2 N–H and O–H groups in total. The second kappa shape index (κ2) is 8.47. The Balaban J connectivity index is 1.73. The topological polar surface area (TPSA) is 93.1 Å². The summed E-state index contributed by atoms with van der Waals surface area (Å²) in [5.74, 6) is -0.877. The van der Waals surface area contributed by atoms with Crippen molar-refractivity contribution in [2.24, 2.45) is 0 Å². The first kappa shape index (κ1) is 19.3. The van der Waals surface area contributed by atoms with Crippen LogP contribution in [0.3, 0.4) is 0 Å². The van der Waals surface area contributed by atoms with E-state index < -0.39 is 5.91 Å². The number of fused-ring (bicyclic) bond motifs is 1. The molecule has 0 aliphatic heterocycles. The number of nitrogens with one attached hydrogen (secondary N) is 2. The minimum Gasteiger partial charge on any atom is -0.273 e. The summed E-state index contributed by atoms with van der Waals surface area (Å²) in [6, 6.07) is 16.2. The Morgan fingerprint density at radius 1 is 0.964 bits per heavy atom. The third-order valence-corrected chi connectivity index (χ3v) is 4.33. The maximum Gasteiger partial charge on any atom is 0.290 e. The Morgan fingerprint density at radius 2 is 1.61 bits per heavy atom. The molecule has 0 bridgehead atoms. The lowest BCUT2D eigenvalue weighted by Crippen LogP contribution is -2.43. The molecule has 0 unspecified atom stereocenters. The van der Waals surface area contributed by atoms with Gasteiger partial charge in [0.25, 0.3) is 11.5 Å². The molecule has 2 amide bonds. The van der Waals surface area contributed by atoms with Gasteiger partial charge >= 0.3 is 0 Å². The van der Waals surface area contributed by atoms with Gasteiger partial charge in [0.1, 0.15) is 0 Å². The van der Waals surface area contributed by atoms with E-state index in [1.165, 1.54) is 4.68 Å². The van der Waals surface area contributed by atoms with Gasteiger partial charge in [-0.15, -0.1) is 0 Å². The summed E-state index contributed by atoms with van der Waals surface area (Å²) in [5, 5.41) is 5.07. The SMILES string of the molecule is CC(C)n1nc(C(=O)NNC(=O)CCc2ccccc2)c2ccccc2c1=O. The zero-order valence-corrected chi connectivity index (χ0v) is 15.8. The molecular weight excluding hydrogens is 356 g/mol. The van der Waals surface area contributed by atoms with Gasteiger partial charge in [0.2, 0.25) is 5.91 Å². The number of benzene rings is 2. The number of carbonyl (C=O) groups excluding carboxylic acids is 2. The lowest BCUT2D eigenvalue weighted by atomic mass is 10.1. The fraction of sp³-hybridized carbons (Fsp3) is 0.238. The summed E-state index contributed by atoms with van der Waals surface area (Å²) < 4.78 is 1.27. The molecule has 0 spiro atoms. The van der Waals surface area contributed by atoms with Crippen molar-refractivity contribution < 1.29 is 9.59 Å². The lowest BCUT2D eigenvalue weighted by molar-refractivity contribution is -0.121. The van der Waals surface area contributed by atoms with Gasteiger partial charge in [-0.1, -0.05) is 48.5 Å². The van der Waals surface area contributed by atoms with Gasteiger partial charge in [0.05, 0.1) is 11.4 Å². The molecule has 0 aliphatic rings. The quantitative estimate of drug-likeness (QED) is 0.667. The molecule has 144 valence electrons. The normalized spacial score (nSPS) is 10.8. The second-order valence-electron chi connectivity index (χ2n) is 6.73. The van der Waals surface area contributed by atoms with E-state index in [1.54, 1.807) is 24.3 Å². The first-order valence-corrected chi connectivity index (χ1v) is 9.12. The Bertz CT molecular complexity index is 1060. The number of hydrazine groups is 1. The Hall–Kier alpha value is -3.48. The predicted octanol–water partition coefficient (Wildman–Crippen LogP) is 2.37. The van der Waals surface area contributed by atoms with E-state index in [1.807, 2.05) is 44.2 Å². The molecule has 7 nitrogen and oxygen atoms in total. The van der Waals surface area contributed by atoms with Crippen LogP contribution in [0, 0.1) is 0 Å². The van der Waals surface area contributed by atoms with Crippen LogP contribution >= 0.6 is 0 Å². The molecule has 7 heteroatoms. The van der Waals surface area contributed by atoms with Gasteiger partial charge in [0.15, 0.2) is 5.69 Å². The van der Waals surface area contributed by atoms with Crippen molar-refractivity contribution >= 4 is 22.6 Å². The van der Waals surface area contributed by atoms with E-state index in [-0.39, 0.29) is 29.6 Å². The zero-order chi connectivity index (χ0) is 20.1. The maximum absolute atomic E-state index is 12.6. The second-order valence-corrected chi connectivity index (χ2v) is 6.73. The summed E-state index contributed by atoms with van der Waals surface area (Å²) in [6.07, 6.45) is 0.811. The number of aryl methyl sites for hydroxylation is 1. The first-order chi connectivity index (χ1) is 13.5. The van der Waals surface area contributed by atoms with E-state index in [4.69, 9.17) is 0 Å². The number of hydrogen-bond acceptors (Lipinski definition) is 4. The summed E-state index contributed by atoms with van der Waals surface area (Å²) >= 11 is 0. The third kappa shape index (κ3) is 4.25. The molecule has 0 atom stereocenters. The average Bonchev–Trinajstić information content (AvgIpc) is 2.71. The fourth-order valence-corrected chi connectivity index (χ4v) is 2.87. The minimum absolute atomic E-state index is 0.0901. The van der Waals surface area contributed by atoms with Crippen LogP contribution in [-0.4, -0.2) is 21.6 Å². The van der Waals surface area contributed by atoms with Gasteiger partial charge in [0, 0.05) is 11.8 Å². The van der Waals surface area contributed by atoms with Crippen LogP contribution in [0.4, 0.5) is 0 Å². The fourth-order valence-electron chi connectivity index (χ4n) is 2.87. The van der Waals surface area contributed by atoms with Crippen LogP contribution in [0.25, 0.3) is 10.8 Å². The van der Waals surface area contributed by atoms with Crippen molar-refractivity contribution in [1.29, 1.82) is 0 Å². The van der Waals surface area contributed by atoms with Gasteiger partial charge in [-0.05, 0) is 31.9 Å². The Morgan fingerprint density at radius 3 is 2.29 bits per heavy atom. The van der Waals surface area contributed by atoms with Crippen molar-refractivity contribution in [1.82, 2.24) is 20.6 Å². The number of amides is 2. The molecule has 1 heterocycles. The molecule has 0 fully saturated rings. The monoisotopic (exact) mass is 378 g/mol. The van der Waals surface area contributed by atoms with Crippen molar-refractivity contribution in [2.75, 3.05) is 0 Å². The van der Waals surface area contributed by atoms with Crippen molar-refractivity contribution in [3.05, 3.63) is 76.2 Å². The summed E-state index contributed by atoms with van der Waals surface area (Å²) in [4.78, 5) is 37.2. The maximum atomic E-state index is 12.6. The molecule has 2 aromatic carbocycles. The van der Waals surface area contributed by atoms with Gasteiger partial charge in [-0.2, -0.15) is 5.10 Å². The highest BCUT2D eigenvalue weighted by Crippen LogP contribution is 2.14. The van der Waals surface area contributed by atoms with Crippen molar-refractivity contribution in [3.63, 3.8) is 0 Å². The molecular formula is C21H22N4O3. The molecule has 1 aromatic heterocycles. The van der Waals surface area contributed by atoms with Crippen LogP contribution in [-0.2, 0) is 11.2 Å². The summed E-state index contributed by atoms with van der Waals surface area (Å²) in [6.45, 7) is 3.63. The lowest BCUT2D eigenvalue weighted by Gasteiger charge is -2.13. The number of aromatic nitrogens is 2.